The van der Waals surface area contributed by atoms with Gasteiger partial charge in [0.05, 0.1) is 18.5 Å². The van der Waals surface area contributed by atoms with Crippen LogP contribution in [0.1, 0.15) is 47.1 Å². The van der Waals surface area contributed by atoms with Crippen LogP contribution in [0, 0.1) is 0 Å². The van der Waals surface area contributed by atoms with E-state index in [2.05, 4.69) is 5.32 Å². The maximum Gasteiger partial charge on any atom is 0.328 e. The number of carboxylic acids is 1. The number of benzene rings is 3. The second-order valence-corrected chi connectivity index (χ2v) is 11.4. The van der Waals surface area contributed by atoms with E-state index in [-0.39, 0.29) is 29.7 Å². The molecular weight excluding hydrogens is 607 g/mol. The quantitative estimate of drug-likeness (QED) is 0.222. The van der Waals surface area contributed by atoms with E-state index >= 15 is 0 Å². The van der Waals surface area contributed by atoms with Crippen molar-refractivity contribution in [3.05, 3.63) is 105 Å². The molecule has 0 fully saturated rings. The van der Waals surface area contributed by atoms with Crippen molar-refractivity contribution in [1.82, 2.24) is 9.78 Å². The summed E-state index contributed by atoms with van der Waals surface area (Å²) in [5.74, 6) is -1.63. The predicted octanol–water partition coefficient (Wildman–Crippen LogP) is 6.19. The smallest absolute Gasteiger partial charge is 0.328 e. The number of halogens is 2. The molecule has 0 aliphatic carbocycles. The molecule has 3 heterocycles. The number of fused-ring (bicyclic) bond motifs is 4. The molecule has 6 rings (SSSR count). The lowest BCUT2D eigenvalue weighted by Crippen LogP contribution is -2.51. The summed E-state index contributed by atoms with van der Waals surface area (Å²) in [6.45, 7) is 3.81. The van der Waals surface area contributed by atoms with Gasteiger partial charge in [-0.05, 0) is 54.5 Å². The van der Waals surface area contributed by atoms with Crippen molar-refractivity contribution in [2.24, 2.45) is 0 Å². The summed E-state index contributed by atoms with van der Waals surface area (Å²) in [6.07, 6.45) is 2.28. The Hall–Kier alpha value is -4.80. The van der Waals surface area contributed by atoms with Crippen LogP contribution < -0.4 is 19.7 Å². The highest BCUT2D eigenvalue weighted by atomic mass is 35.5. The van der Waals surface area contributed by atoms with E-state index in [0.29, 0.717) is 44.0 Å². The van der Waals surface area contributed by atoms with E-state index in [1.54, 1.807) is 48.2 Å². The Kier molecular flexibility index (Phi) is 7.35. The first-order valence-corrected chi connectivity index (χ1v) is 14.4. The number of nitrogens with zero attached hydrogens (tertiary/aromatic N) is 3. The molecule has 1 spiro atoms. The average molecular weight is 633 g/mol. The zero-order valence-electron chi connectivity index (χ0n) is 23.8. The third-order valence-electron chi connectivity index (χ3n) is 7.59. The molecule has 10 nitrogen and oxygen atoms in total. The molecular formula is C32H26Cl2N4O6. The van der Waals surface area contributed by atoms with Gasteiger partial charge in [-0.2, -0.15) is 5.10 Å². The normalized spacial score (nSPS) is 17.0. The standard InChI is InChI=1S/C32H26Cl2N4O6/c1-17(2)29-27-28(36-38(29)22-7-4-5-8-24(22)43-3)30(41)37(32(27)20-12-10-18(33)15-21(20)35-31(32)42)23-16-19(34)11-13-25(23)44-14-6-9-26(39)40/h4-13,15-17H,14H2,1-3H3,(H,35,42)(H,39,40). The molecule has 12 heteroatoms. The summed E-state index contributed by atoms with van der Waals surface area (Å²) in [5, 5.41) is 17.5. The van der Waals surface area contributed by atoms with Crippen LogP contribution in [0.2, 0.25) is 10.0 Å². The molecule has 4 aromatic rings. The van der Waals surface area contributed by atoms with Gasteiger partial charge >= 0.3 is 5.97 Å². The predicted molar refractivity (Wildman–Crippen MR) is 166 cm³/mol. The van der Waals surface area contributed by atoms with Crippen molar-refractivity contribution in [2.45, 2.75) is 25.3 Å². The number of carbonyl (C=O) groups excluding carboxylic acids is 2. The molecule has 3 aromatic carbocycles. The van der Waals surface area contributed by atoms with E-state index in [1.807, 2.05) is 32.0 Å². The lowest BCUT2D eigenvalue weighted by atomic mass is 9.81. The average Bonchev–Trinajstić information content (AvgIpc) is 3.59. The summed E-state index contributed by atoms with van der Waals surface area (Å²) >= 11 is 12.8. The molecule has 1 aromatic heterocycles. The Bertz CT molecular complexity index is 1880. The number of aliphatic carboxylic acids is 1. The Morgan fingerprint density at radius 3 is 2.50 bits per heavy atom. The summed E-state index contributed by atoms with van der Waals surface area (Å²) in [6, 6.07) is 17.0. The molecule has 2 N–H and O–H groups in total. The minimum atomic E-state index is -1.72. The fourth-order valence-corrected chi connectivity index (χ4v) is 6.27. The van der Waals surface area contributed by atoms with E-state index in [4.69, 9.17) is 42.9 Å². The fourth-order valence-electron chi connectivity index (χ4n) is 5.93. The van der Waals surface area contributed by atoms with E-state index in [1.165, 1.54) is 17.0 Å². The number of hydrogen-bond acceptors (Lipinski definition) is 6. The summed E-state index contributed by atoms with van der Waals surface area (Å²) in [4.78, 5) is 41.5. The first-order chi connectivity index (χ1) is 21.1. The highest BCUT2D eigenvalue weighted by molar-refractivity contribution is 6.32. The van der Waals surface area contributed by atoms with Crippen molar-refractivity contribution < 1.29 is 29.0 Å². The maximum absolute atomic E-state index is 14.7. The highest BCUT2D eigenvalue weighted by Gasteiger charge is 2.64. The van der Waals surface area contributed by atoms with Crippen molar-refractivity contribution >= 4 is 52.4 Å². The minimum Gasteiger partial charge on any atom is -0.494 e. The van der Waals surface area contributed by atoms with Crippen molar-refractivity contribution in [3.8, 4) is 17.2 Å². The molecule has 0 saturated heterocycles. The largest absolute Gasteiger partial charge is 0.494 e. The number of anilines is 2. The van der Waals surface area contributed by atoms with Crippen LogP contribution in [-0.4, -0.2) is 46.4 Å². The Labute approximate surface area is 262 Å². The Balaban J connectivity index is 1.66. The number of methoxy groups -OCH3 is 1. The van der Waals surface area contributed by atoms with E-state index < -0.39 is 23.3 Å². The van der Waals surface area contributed by atoms with Gasteiger partial charge in [0.15, 0.2) is 11.2 Å². The molecule has 1 atom stereocenters. The number of hydrogen-bond donors (Lipinski definition) is 2. The number of nitrogens with one attached hydrogen (secondary N) is 1. The first-order valence-electron chi connectivity index (χ1n) is 13.6. The van der Waals surface area contributed by atoms with Crippen LogP contribution in [0.15, 0.2) is 72.8 Å². The van der Waals surface area contributed by atoms with Gasteiger partial charge in [0.25, 0.3) is 11.8 Å². The summed E-state index contributed by atoms with van der Waals surface area (Å²) < 4.78 is 13.2. The van der Waals surface area contributed by atoms with Crippen LogP contribution in [0.5, 0.6) is 11.5 Å². The monoisotopic (exact) mass is 632 g/mol. The van der Waals surface area contributed by atoms with Crippen LogP contribution in [0.3, 0.4) is 0 Å². The molecule has 0 bridgehead atoms. The topological polar surface area (TPSA) is 123 Å². The van der Waals surface area contributed by atoms with E-state index in [9.17, 15) is 14.4 Å². The van der Waals surface area contributed by atoms with Gasteiger partial charge in [0.1, 0.15) is 23.8 Å². The second-order valence-electron chi connectivity index (χ2n) is 10.5. The third kappa shape index (κ3) is 4.40. The van der Waals surface area contributed by atoms with Crippen LogP contribution >= 0.6 is 23.2 Å². The summed E-state index contributed by atoms with van der Waals surface area (Å²) in [7, 11) is 1.55. The van der Waals surface area contributed by atoms with Gasteiger partial charge in [-0.25, -0.2) is 9.48 Å². The second kappa shape index (κ2) is 11.0. The zero-order valence-corrected chi connectivity index (χ0v) is 25.3. The fraction of sp³-hybridized carbons (Fsp3) is 0.188. The van der Waals surface area contributed by atoms with E-state index in [0.717, 1.165) is 6.08 Å². The Morgan fingerprint density at radius 2 is 1.77 bits per heavy atom. The van der Waals surface area contributed by atoms with Gasteiger partial charge < -0.3 is 19.9 Å². The first kappa shape index (κ1) is 29.3. The van der Waals surface area contributed by atoms with Crippen LogP contribution in [0.25, 0.3) is 5.69 Å². The summed E-state index contributed by atoms with van der Waals surface area (Å²) in [5.41, 5.74) is 1.17. The van der Waals surface area contributed by atoms with Gasteiger partial charge in [-0.3, -0.25) is 14.5 Å². The van der Waals surface area contributed by atoms with Gasteiger partial charge in [0, 0.05) is 32.9 Å². The number of rotatable bonds is 8. The lowest BCUT2D eigenvalue weighted by molar-refractivity contribution is -0.131. The van der Waals surface area contributed by atoms with Crippen LogP contribution in [0.4, 0.5) is 11.4 Å². The number of carboxylic acid groups (broad SMARTS) is 1. The number of para-hydroxylation sites is 2. The molecule has 2 aliphatic rings. The number of amides is 2. The molecule has 2 amide bonds. The maximum atomic E-state index is 14.7. The zero-order chi connectivity index (χ0) is 31.3. The molecule has 224 valence electrons. The number of ether oxygens (including phenoxy) is 2. The van der Waals surface area contributed by atoms with Crippen molar-refractivity contribution in [1.29, 1.82) is 0 Å². The van der Waals surface area contributed by atoms with Gasteiger partial charge in [0.2, 0.25) is 0 Å². The molecule has 1 unspecified atom stereocenters. The van der Waals surface area contributed by atoms with Crippen molar-refractivity contribution in [3.63, 3.8) is 0 Å². The number of carbonyl (C=O) groups is 3. The molecule has 0 saturated carbocycles. The molecule has 44 heavy (non-hydrogen) atoms. The van der Waals surface area contributed by atoms with Gasteiger partial charge in [-0.1, -0.05) is 55.2 Å². The Morgan fingerprint density at radius 1 is 1.05 bits per heavy atom. The lowest BCUT2D eigenvalue weighted by Gasteiger charge is -2.36. The highest BCUT2D eigenvalue weighted by Crippen LogP contribution is 2.56. The van der Waals surface area contributed by atoms with Crippen molar-refractivity contribution in [2.75, 3.05) is 23.9 Å². The molecule has 2 aliphatic heterocycles. The molecule has 0 radical (unpaired) electrons. The third-order valence-corrected chi connectivity index (χ3v) is 8.06. The SMILES string of the molecule is COc1ccccc1-n1nc2c(c1C(C)C)C1(C(=O)Nc3cc(Cl)ccc31)N(c1cc(Cl)ccc1OCC=CC(=O)O)C2=O. The van der Waals surface area contributed by atoms with Crippen LogP contribution in [-0.2, 0) is 15.1 Å². The minimum absolute atomic E-state index is 0.0780. The van der Waals surface area contributed by atoms with Gasteiger partial charge in [-0.15, -0.1) is 0 Å². The number of aromatic nitrogens is 2.